The van der Waals surface area contributed by atoms with Crippen molar-refractivity contribution in [3.05, 3.63) is 53.7 Å². The molecule has 144 valence electrons. The number of thiophene rings is 1. The predicted octanol–water partition coefficient (Wildman–Crippen LogP) is 4.65. The van der Waals surface area contributed by atoms with Gasteiger partial charge in [0.05, 0.1) is 10.6 Å². The molecule has 1 amide bonds. The third kappa shape index (κ3) is 2.62. The molecule has 0 spiro atoms. The molecule has 5 nitrogen and oxygen atoms in total. The van der Waals surface area contributed by atoms with Crippen LogP contribution in [0, 0.1) is 11.3 Å². The van der Waals surface area contributed by atoms with Crippen molar-refractivity contribution in [2.24, 2.45) is 11.3 Å². The topological polar surface area (TPSA) is 51.0 Å². The molecule has 2 aliphatic rings. The molecule has 0 N–H and O–H groups in total. The van der Waals surface area contributed by atoms with E-state index in [1.54, 1.807) is 20.9 Å². The number of piperidine rings is 1. The summed E-state index contributed by atoms with van der Waals surface area (Å²) in [4.78, 5) is 20.5. The average Bonchev–Trinajstić information content (AvgIpc) is 3.20. The van der Waals surface area contributed by atoms with E-state index in [0.717, 1.165) is 17.0 Å². The van der Waals surface area contributed by atoms with Gasteiger partial charge in [-0.15, -0.1) is 39.6 Å². The van der Waals surface area contributed by atoms with Gasteiger partial charge in [0, 0.05) is 24.4 Å². The quantitative estimate of drug-likeness (QED) is 0.565. The highest BCUT2D eigenvalue weighted by Gasteiger charge is 2.74. The van der Waals surface area contributed by atoms with Crippen LogP contribution in [0.3, 0.4) is 0 Å². The summed E-state index contributed by atoms with van der Waals surface area (Å²) in [5, 5.41) is 6.54. The van der Waals surface area contributed by atoms with Crippen molar-refractivity contribution >= 4 is 40.4 Å². The van der Waals surface area contributed by atoms with Gasteiger partial charge in [-0.25, -0.2) is 9.67 Å². The van der Waals surface area contributed by atoms with Crippen molar-refractivity contribution < 1.29 is 4.79 Å². The molecular formula is C20H18Cl2N4OS. The molecule has 1 saturated heterocycles. The van der Waals surface area contributed by atoms with E-state index in [0.29, 0.717) is 18.9 Å². The van der Waals surface area contributed by atoms with Gasteiger partial charge < -0.3 is 4.90 Å². The summed E-state index contributed by atoms with van der Waals surface area (Å²) in [6.45, 7) is 3.24. The molecule has 0 radical (unpaired) electrons. The van der Waals surface area contributed by atoms with Crippen LogP contribution in [0.4, 0.5) is 0 Å². The second kappa shape index (κ2) is 6.31. The van der Waals surface area contributed by atoms with Gasteiger partial charge in [-0.3, -0.25) is 4.79 Å². The van der Waals surface area contributed by atoms with E-state index in [1.807, 2.05) is 47.8 Å². The third-order valence-corrected chi connectivity index (χ3v) is 8.27. The standard InChI is InChI=1S/C20H18Cl2N4OS/c1-19-9-10-25(12-15(19)20(19,21)22)18(27)16-23-17(14-8-5-11-28-14)26(24-16)13-6-3-2-4-7-13/h2-8,11,15H,9-10,12H2,1H3. The van der Waals surface area contributed by atoms with E-state index >= 15 is 0 Å². The van der Waals surface area contributed by atoms with Crippen molar-refractivity contribution in [1.82, 2.24) is 19.7 Å². The normalized spacial score (nSPS) is 25.4. The Kier molecular flexibility index (Phi) is 4.09. The van der Waals surface area contributed by atoms with Gasteiger partial charge in [-0.1, -0.05) is 31.2 Å². The SMILES string of the molecule is CC12CCN(C(=O)c3nc(-c4cccs4)n(-c4ccccc4)n3)CC1C2(Cl)Cl. The lowest BCUT2D eigenvalue weighted by molar-refractivity contribution is 0.0678. The number of halogens is 2. The summed E-state index contributed by atoms with van der Waals surface area (Å²) in [6.07, 6.45) is 0.785. The number of para-hydroxylation sites is 1. The highest BCUT2D eigenvalue weighted by molar-refractivity contribution is 7.13. The lowest BCUT2D eigenvalue weighted by Gasteiger charge is -2.28. The molecule has 0 bridgehead atoms. The number of aromatic nitrogens is 3. The van der Waals surface area contributed by atoms with Crippen LogP contribution in [0.2, 0.25) is 0 Å². The van der Waals surface area contributed by atoms with E-state index in [-0.39, 0.29) is 23.1 Å². The summed E-state index contributed by atoms with van der Waals surface area (Å²) in [7, 11) is 0. The van der Waals surface area contributed by atoms with Crippen LogP contribution in [0.5, 0.6) is 0 Å². The molecule has 1 aromatic carbocycles. The van der Waals surface area contributed by atoms with E-state index in [2.05, 4.69) is 17.0 Å². The number of likely N-dealkylation sites (tertiary alicyclic amines) is 1. The van der Waals surface area contributed by atoms with Gasteiger partial charge >= 0.3 is 0 Å². The number of amides is 1. The van der Waals surface area contributed by atoms with Crippen molar-refractivity contribution in [3.8, 4) is 16.4 Å². The maximum Gasteiger partial charge on any atom is 0.293 e. The van der Waals surface area contributed by atoms with Gasteiger partial charge in [0.1, 0.15) is 4.33 Å². The summed E-state index contributed by atoms with van der Waals surface area (Å²) in [5.74, 6) is 0.785. The van der Waals surface area contributed by atoms with Gasteiger partial charge in [-0.05, 0) is 30.0 Å². The molecule has 1 aliphatic carbocycles. The first-order valence-electron chi connectivity index (χ1n) is 9.15. The Bertz CT molecular complexity index is 1030. The Balaban J connectivity index is 1.49. The van der Waals surface area contributed by atoms with Crippen molar-refractivity contribution in [2.45, 2.75) is 17.7 Å². The molecule has 28 heavy (non-hydrogen) atoms. The molecule has 1 saturated carbocycles. The molecule has 5 rings (SSSR count). The van der Waals surface area contributed by atoms with Gasteiger partial charge in [-0.2, -0.15) is 0 Å². The van der Waals surface area contributed by atoms with Crippen LogP contribution in [0.1, 0.15) is 24.0 Å². The van der Waals surface area contributed by atoms with Crippen LogP contribution in [-0.4, -0.2) is 43.0 Å². The first-order valence-corrected chi connectivity index (χ1v) is 10.8. The Morgan fingerprint density at radius 1 is 1.21 bits per heavy atom. The Hall–Kier alpha value is -1.89. The number of benzene rings is 1. The number of rotatable bonds is 3. The molecule has 2 atom stereocenters. The number of carbonyl (C=O) groups excluding carboxylic acids is 1. The zero-order valence-corrected chi connectivity index (χ0v) is 17.5. The molecular weight excluding hydrogens is 415 g/mol. The fourth-order valence-corrected chi connectivity index (χ4v) is 5.71. The predicted molar refractivity (Wildman–Crippen MR) is 111 cm³/mol. The lowest BCUT2D eigenvalue weighted by Crippen LogP contribution is -2.39. The molecule has 3 heterocycles. The second-order valence-corrected chi connectivity index (χ2v) is 9.91. The average molecular weight is 433 g/mol. The number of carbonyl (C=O) groups is 1. The molecule has 1 aliphatic heterocycles. The fraction of sp³-hybridized carbons (Fsp3) is 0.350. The minimum atomic E-state index is -0.749. The second-order valence-electron chi connectivity index (χ2n) is 7.58. The van der Waals surface area contributed by atoms with Crippen molar-refractivity contribution in [1.29, 1.82) is 0 Å². The largest absolute Gasteiger partial charge is 0.335 e. The first-order chi connectivity index (χ1) is 13.4. The lowest BCUT2D eigenvalue weighted by atomic mass is 9.98. The number of alkyl halides is 2. The van der Waals surface area contributed by atoms with Crippen LogP contribution >= 0.6 is 34.5 Å². The number of hydrogen-bond donors (Lipinski definition) is 0. The minimum absolute atomic E-state index is 0.0917. The molecule has 3 aromatic rings. The third-order valence-electron chi connectivity index (χ3n) is 6.02. The summed E-state index contributed by atoms with van der Waals surface area (Å²) in [5.41, 5.74) is 0.762. The maximum absolute atomic E-state index is 13.2. The monoisotopic (exact) mass is 432 g/mol. The molecule has 2 fully saturated rings. The Labute approximate surface area is 176 Å². The first kappa shape index (κ1) is 18.2. The van der Waals surface area contributed by atoms with E-state index in [9.17, 15) is 4.79 Å². The molecule has 2 aromatic heterocycles. The summed E-state index contributed by atoms with van der Waals surface area (Å²) in [6, 6.07) is 13.7. The van der Waals surface area contributed by atoms with Gasteiger partial charge in [0.25, 0.3) is 5.91 Å². The van der Waals surface area contributed by atoms with Crippen LogP contribution in [-0.2, 0) is 0 Å². The van der Waals surface area contributed by atoms with E-state index in [1.165, 1.54) is 0 Å². The fourth-order valence-electron chi connectivity index (χ4n) is 4.05. The molecule has 8 heteroatoms. The maximum atomic E-state index is 13.2. The van der Waals surface area contributed by atoms with Crippen LogP contribution in [0.15, 0.2) is 47.8 Å². The van der Waals surface area contributed by atoms with E-state index < -0.39 is 4.33 Å². The smallest absolute Gasteiger partial charge is 0.293 e. The highest BCUT2D eigenvalue weighted by atomic mass is 35.5. The highest BCUT2D eigenvalue weighted by Crippen LogP contribution is 2.72. The van der Waals surface area contributed by atoms with Gasteiger partial charge in [0.15, 0.2) is 5.82 Å². The minimum Gasteiger partial charge on any atom is -0.335 e. The van der Waals surface area contributed by atoms with Crippen LogP contribution in [0.25, 0.3) is 16.4 Å². The summed E-state index contributed by atoms with van der Waals surface area (Å²) < 4.78 is 0.985. The van der Waals surface area contributed by atoms with Crippen molar-refractivity contribution in [3.63, 3.8) is 0 Å². The number of fused-ring (bicyclic) bond motifs is 1. The summed E-state index contributed by atoms with van der Waals surface area (Å²) >= 11 is 14.5. The Morgan fingerprint density at radius 2 is 2.00 bits per heavy atom. The van der Waals surface area contributed by atoms with Gasteiger partial charge in [0.2, 0.25) is 5.82 Å². The Morgan fingerprint density at radius 3 is 2.68 bits per heavy atom. The number of nitrogens with zero attached hydrogens (tertiary/aromatic N) is 4. The van der Waals surface area contributed by atoms with Crippen molar-refractivity contribution in [2.75, 3.05) is 13.1 Å². The van der Waals surface area contributed by atoms with E-state index in [4.69, 9.17) is 23.2 Å². The number of hydrogen-bond acceptors (Lipinski definition) is 4. The molecule has 2 unspecified atom stereocenters. The van der Waals surface area contributed by atoms with Crippen LogP contribution < -0.4 is 0 Å². The zero-order valence-electron chi connectivity index (χ0n) is 15.2. The zero-order chi connectivity index (χ0) is 19.5.